The molecule has 174 valence electrons. The summed E-state index contributed by atoms with van der Waals surface area (Å²) in [7, 11) is -0.389. The number of hydrogen-bond donors (Lipinski definition) is 0. The highest BCUT2D eigenvalue weighted by atomic mass is 32.2. The number of likely N-dealkylation sites (N-methyl/N-ethyl adjacent to an activating group) is 1. The first-order chi connectivity index (χ1) is 15.3. The number of aromatic nitrogens is 2. The van der Waals surface area contributed by atoms with E-state index >= 15 is 0 Å². The van der Waals surface area contributed by atoms with Crippen LogP contribution in [-0.4, -0.2) is 94.1 Å². The highest BCUT2D eigenvalue weighted by molar-refractivity contribution is 7.89. The smallest absolute Gasteiger partial charge is 0.246 e. The molecule has 0 spiro atoms. The van der Waals surface area contributed by atoms with Crippen molar-refractivity contribution in [2.24, 2.45) is 0 Å². The third-order valence-corrected chi connectivity index (χ3v) is 7.86. The predicted molar refractivity (Wildman–Crippen MR) is 120 cm³/mol. The van der Waals surface area contributed by atoms with Gasteiger partial charge in [-0.2, -0.15) is 4.31 Å². The average molecular weight is 465 g/mol. The maximum atomic E-state index is 13.7. The Morgan fingerprint density at radius 3 is 2.03 bits per heavy atom. The number of aryl methyl sites for hydroxylation is 1. The number of ether oxygens (including phenoxy) is 1. The highest BCUT2D eigenvalue weighted by Gasteiger charge is 2.32. The van der Waals surface area contributed by atoms with Crippen LogP contribution in [0.2, 0.25) is 0 Å². The molecule has 0 N–H and O–H groups in total. The number of halogens is 1. The average Bonchev–Trinajstić information content (AvgIpc) is 2.79. The molecule has 1 aromatic carbocycles. The molecule has 0 amide bonds. The molecular formula is C21H29FN6O3S. The van der Waals surface area contributed by atoms with Crippen molar-refractivity contribution in [2.75, 3.05) is 76.3 Å². The summed E-state index contributed by atoms with van der Waals surface area (Å²) in [5, 5.41) is 0. The first-order valence-corrected chi connectivity index (χ1v) is 12.1. The number of nitrogens with zero attached hydrogens (tertiary/aromatic N) is 6. The second-order valence-corrected chi connectivity index (χ2v) is 10.0. The number of benzene rings is 1. The molecule has 2 aliphatic rings. The molecule has 3 heterocycles. The first-order valence-electron chi connectivity index (χ1n) is 10.7. The van der Waals surface area contributed by atoms with E-state index in [2.05, 4.69) is 31.7 Å². The van der Waals surface area contributed by atoms with Crippen LogP contribution in [-0.2, 0) is 10.0 Å². The second kappa shape index (κ2) is 9.16. The fraction of sp³-hybridized carbons (Fsp3) is 0.524. The van der Waals surface area contributed by atoms with E-state index in [-0.39, 0.29) is 23.7 Å². The van der Waals surface area contributed by atoms with Crippen molar-refractivity contribution in [1.82, 2.24) is 19.2 Å². The van der Waals surface area contributed by atoms with Crippen molar-refractivity contribution in [3.8, 4) is 5.75 Å². The van der Waals surface area contributed by atoms with E-state index in [0.29, 0.717) is 18.9 Å². The largest absolute Gasteiger partial charge is 0.495 e. The summed E-state index contributed by atoms with van der Waals surface area (Å²) in [6.07, 6.45) is 0. The van der Waals surface area contributed by atoms with E-state index in [1.165, 1.54) is 23.5 Å². The fourth-order valence-electron chi connectivity index (χ4n) is 4.04. The van der Waals surface area contributed by atoms with E-state index in [1.807, 2.05) is 13.0 Å². The van der Waals surface area contributed by atoms with Gasteiger partial charge in [0.25, 0.3) is 0 Å². The monoisotopic (exact) mass is 464 g/mol. The van der Waals surface area contributed by atoms with Gasteiger partial charge < -0.3 is 19.4 Å². The Kier molecular flexibility index (Phi) is 6.50. The Morgan fingerprint density at radius 1 is 0.906 bits per heavy atom. The van der Waals surface area contributed by atoms with Gasteiger partial charge in [0.1, 0.15) is 33.9 Å². The van der Waals surface area contributed by atoms with Crippen LogP contribution in [0, 0.1) is 12.7 Å². The van der Waals surface area contributed by atoms with Crippen molar-refractivity contribution < 1.29 is 17.5 Å². The lowest BCUT2D eigenvalue weighted by molar-refractivity contribution is 0.312. The van der Waals surface area contributed by atoms with Crippen molar-refractivity contribution in [3.63, 3.8) is 0 Å². The summed E-state index contributed by atoms with van der Waals surface area (Å²) in [5.74, 6) is 1.91. The summed E-state index contributed by atoms with van der Waals surface area (Å²) < 4.78 is 46.5. The fourth-order valence-corrected chi connectivity index (χ4v) is 5.63. The summed E-state index contributed by atoms with van der Waals surface area (Å²) in [4.78, 5) is 15.7. The van der Waals surface area contributed by atoms with Gasteiger partial charge in [-0.3, -0.25) is 0 Å². The van der Waals surface area contributed by atoms with Crippen LogP contribution in [0.3, 0.4) is 0 Å². The molecule has 0 aliphatic carbocycles. The molecule has 2 saturated heterocycles. The minimum Gasteiger partial charge on any atom is -0.495 e. The zero-order chi connectivity index (χ0) is 22.9. The number of hydrogen-bond acceptors (Lipinski definition) is 8. The topological polar surface area (TPSA) is 82.1 Å². The molecule has 0 radical (unpaired) electrons. The van der Waals surface area contributed by atoms with Gasteiger partial charge in [0.2, 0.25) is 10.0 Å². The predicted octanol–water partition coefficient (Wildman–Crippen LogP) is 1.20. The van der Waals surface area contributed by atoms with E-state index in [0.717, 1.165) is 43.9 Å². The second-order valence-electron chi connectivity index (χ2n) is 8.11. The van der Waals surface area contributed by atoms with Gasteiger partial charge in [0.15, 0.2) is 0 Å². The molecule has 32 heavy (non-hydrogen) atoms. The van der Waals surface area contributed by atoms with Crippen LogP contribution < -0.4 is 14.5 Å². The van der Waals surface area contributed by atoms with Crippen molar-refractivity contribution in [2.45, 2.75) is 11.8 Å². The summed E-state index contributed by atoms with van der Waals surface area (Å²) >= 11 is 0. The number of anilines is 2. The van der Waals surface area contributed by atoms with Gasteiger partial charge in [-0.1, -0.05) is 0 Å². The van der Waals surface area contributed by atoms with E-state index in [4.69, 9.17) is 4.74 Å². The third kappa shape index (κ3) is 4.64. The SMILES string of the molecule is COc1ccc(F)cc1S(=O)(=O)N1CCN(c2cc(N3CCN(C)CC3)nc(C)n2)CC1. The Hall–Kier alpha value is -2.50. The van der Waals surface area contributed by atoms with Gasteiger partial charge >= 0.3 is 0 Å². The zero-order valence-electron chi connectivity index (χ0n) is 18.7. The maximum absolute atomic E-state index is 13.7. The summed E-state index contributed by atoms with van der Waals surface area (Å²) in [5.41, 5.74) is 0. The third-order valence-electron chi connectivity index (χ3n) is 5.94. The van der Waals surface area contributed by atoms with Gasteiger partial charge in [-0.25, -0.2) is 22.8 Å². The number of piperazine rings is 2. The molecule has 0 saturated carbocycles. The quantitative estimate of drug-likeness (QED) is 0.653. The molecule has 0 bridgehead atoms. The van der Waals surface area contributed by atoms with Crippen LogP contribution >= 0.6 is 0 Å². The Labute approximate surface area is 188 Å². The maximum Gasteiger partial charge on any atom is 0.246 e. The van der Waals surface area contributed by atoms with Gasteiger partial charge in [-0.15, -0.1) is 0 Å². The molecular weight excluding hydrogens is 435 g/mol. The molecule has 2 aliphatic heterocycles. The van der Waals surface area contributed by atoms with E-state index in [9.17, 15) is 12.8 Å². The van der Waals surface area contributed by atoms with Crippen LogP contribution in [0.5, 0.6) is 5.75 Å². The van der Waals surface area contributed by atoms with Gasteiger partial charge in [-0.05, 0) is 32.2 Å². The molecule has 9 nitrogen and oxygen atoms in total. The minimum atomic E-state index is -3.88. The highest BCUT2D eigenvalue weighted by Crippen LogP contribution is 2.29. The zero-order valence-corrected chi connectivity index (χ0v) is 19.5. The van der Waals surface area contributed by atoms with E-state index in [1.54, 1.807) is 0 Å². The summed E-state index contributed by atoms with van der Waals surface area (Å²) in [6, 6.07) is 5.52. The Balaban J connectivity index is 1.49. The van der Waals surface area contributed by atoms with Crippen molar-refractivity contribution >= 4 is 21.7 Å². The van der Waals surface area contributed by atoms with Crippen LogP contribution in [0.25, 0.3) is 0 Å². The lowest BCUT2D eigenvalue weighted by atomic mass is 10.3. The molecule has 0 unspecified atom stereocenters. The molecule has 2 aromatic rings. The molecule has 2 fully saturated rings. The van der Waals surface area contributed by atoms with Crippen molar-refractivity contribution in [1.29, 1.82) is 0 Å². The van der Waals surface area contributed by atoms with Crippen LogP contribution in [0.15, 0.2) is 29.2 Å². The lowest BCUT2D eigenvalue weighted by Gasteiger charge is -2.36. The standard InChI is InChI=1S/C21H29FN6O3S/c1-16-23-20(26-8-6-25(2)7-9-26)15-21(24-16)27-10-12-28(13-11-27)32(29,30)19-14-17(22)4-5-18(19)31-3/h4-5,14-15H,6-13H2,1-3H3. The number of rotatable bonds is 5. The number of sulfonamides is 1. The lowest BCUT2D eigenvalue weighted by Crippen LogP contribution is -2.49. The van der Waals surface area contributed by atoms with Crippen molar-refractivity contribution in [3.05, 3.63) is 35.9 Å². The molecule has 1 aromatic heterocycles. The van der Waals surface area contributed by atoms with Crippen LogP contribution in [0.1, 0.15) is 5.82 Å². The first kappa shape index (κ1) is 22.7. The summed E-state index contributed by atoms with van der Waals surface area (Å²) in [6.45, 7) is 7.17. The van der Waals surface area contributed by atoms with Gasteiger partial charge in [0.05, 0.1) is 7.11 Å². The molecule has 11 heteroatoms. The Morgan fingerprint density at radius 2 is 1.47 bits per heavy atom. The number of methoxy groups -OCH3 is 1. The van der Waals surface area contributed by atoms with E-state index < -0.39 is 15.8 Å². The normalized spacial score (nSPS) is 18.8. The Bertz CT molecular complexity index is 1070. The van der Waals surface area contributed by atoms with Crippen LogP contribution in [0.4, 0.5) is 16.0 Å². The molecule has 4 rings (SSSR count). The minimum absolute atomic E-state index is 0.136. The molecule has 0 atom stereocenters. The van der Waals surface area contributed by atoms with Gasteiger partial charge in [0, 0.05) is 58.4 Å².